The minimum atomic E-state index is 0.316. The summed E-state index contributed by atoms with van der Waals surface area (Å²) in [7, 11) is 3.67. The number of aromatic nitrogens is 1. The molecule has 16 heavy (non-hydrogen) atoms. The largest absolute Gasteiger partial charge is 0.427 e. The lowest BCUT2D eigenvalue weighted by Gasteiger charge is -2.16. The molecule has 0 aliphatic rings. The highest BCUT2D eigenvalue weighted by Gasteiger charge is 2.12. The minimum absolute atomic E-state index is 0.316. The molecule has 0 atom stereocenters. The molecule has 2 N–H and O–H groups in total. The summed E-state index contributed by atoms with van der Waals surface area (Å²) in [4.78, 5) is 6.09. The van der Waals surface area contributed by atoms with Crippen molar-refractivity contribution in [2.75, 3.05) is 32.1 Å². The number of likely N-dealkylation sites (N-methyl/N-ethyl adjacent to an activating group) is 1. The summed E-state index contributed by atoms with van der Waals surface area (Å²) in [5.74, 6) is 1.21. The van der Waals surface area contributed by atoms with Crippen LogP contribution in [0.3, 0.4) is 0 Å². The fourth-order valence-electron chi connectivity index (χ4n) is 1.16. The molecule has 0 unspecified atom stereocenters. The van der Waals surface area contributed by atoms with Crippen molar-refractivity contribution in [2.45, 2.75) is 6.92 Å². The Bertz CT molecular complexity index is 368. The van der Waals surface area contributed by atoms with Gasteiger partial charge in [0.05, 0.1) is 0 Å². The maximum Gasteiger partial charge on any atom is 0.238 e. The Balaban J connectivity index is 2.43. The third kappa shape index (κ3) is 3.53. The zero-order valence-corrected chi connectivity index (χ0v) is 11.1. The van der Waals surface area contributed by atoms with Gasteiger partial charge in [-0.15, -0.1) is 0 Å². The van der Waals surface area contributed by atoms with Crippen LogP contribution in [0.15, 0.2) is 4.42 Å². The number of anilines is 1. The van der Waals surface area contributed by atoms with E-state index in [0.29, 0.717) is 28.6 Å². The van der Waals surface area contributed by atoms with Crippen LogP contribution in [0.4, 0.5) is 5.82 Å². The fraction of sp³-hybridized carbons (Fsp3) is 0.556. The van der Waals surface area contributed by atoms with Crippen molar-refractivity contribution in [3.63, 3.8) is 0 Å². The number of hydrogen-bond donors (Lipinski definition) is 2. The summed E-state index contributed by atoms with van der Waals surface area (Å²) < 4.78 is 5.14. The van der Waals surface area contributed by atoms with Gasteiger partial charge in [-0.05, 0) is 23.8 Å². The standard InChI is InChI=1S/C9H15ClN4OS/c1-6-13-8(7(10)15-6)14(3)5-4-12-9(16)11-2/h4-5H2,1-3H3,(H2,11,12,16). The molecule has 0 aliphatic heterocycles. The van der Waals surface area contributed by atoms with Crippen LogP contribution in [0, 0.1) is 6.92 Å². The lowest BCUT2D eigenvalue weighted by atomic mass is 10.5. The highest BCUT2D eigenvalue weighted by molar-refractivity contribution is 7.80. The first-order valence-electron chi connectivity index (χ1n) is 4.84. The molecule has 1 aromatic heterocycles. The molecular weight excluding hydrogens is 248 g/mol. The van der Waals surface area contributed by atoms with E-state index in [0.717, 1.165) is 6.54 Å². The molecule has 7 heteroatoms. The van der Waals surface area contributed by atoms with E-state index < -0.39 is 0 Å². The summed E-state index contributed by atoms with van der Waals surface area (Å²) in [5.41, 5.74) is 0. The highest BCUT2D eigenvalue weighted by Crippen LogP contribution is 2.24. The second-order valence-electron chi connectivity index (χ2n) is 3.26. The number of nitrogens with one attached hydrogen (secondary N) is 2. The van der Waals surface area contributed by atoms with Crippen molar-refractivity contribution in [1.82, 2.24) is 15.6 Å². The molecule has 0 aromatic carbocycles. The van der Waals surface area contributed by atoms with Crippen LogP contribution < -0.4 is 15.5 Å². The van der Waals surface area contributed by atoms with Crippen molar-refractivity contribution in [3.8, 4) is 0 Å². The van der Waals surface area contributed by atoms with Gasteiger partial charge in [-0.1, -0.05) is 0 Å². The molecule has 1 aromatic rings. The number of oxazole rings is 1. The lowest BCUT2D eigenvalue weighted by molar-refractivity contribution is 0.523. The van der Waals surface area contributed by atoms with E-state index in [1.807, 2.05) is 11.9 Å². The van der Waals surface area contributed by atoms with E-state index in [1.165, 1.54) is 0 Å². The van der Waals surface area contributed by atoms with Gasteiger partial charge < -0.3 is 20.0 Å². The second kappa shape index (κ2) is 5.91. The molecule has 5 nitrogen and oxygen atoms in total. The van der Waals surface area contributed by atoms with E-state index in [-0.39, 0.29) is 0 Å². The van der Waals surface area contributed by atoms with Gasteiger partial charge in [-0.2, -0.15) is 4.98 Å². The molecule has 0 aliphatic carbocycles. The van der Waals surface area contributed by atoms with Gasteiger partial charge in [0.2, 0.25) is 5.22 Å². The first kappa shape index (κ1) is 13.1. The molecule has 1 rings (SSSR count). The number of hydrogen-bond acceptors (Lipinski definition) is 4. The Hall–Kier alpha value is -1.01. The average molecular weight is 263 g/mol. The van der Waals surface area contributed by atoms with Gasteiger partial charge in [0.1, 0.15) is 0 Å². The first-order valence-corrected chi connectivity index (χ1v) is 5.63. The van der Waals surface area contributed by atoms with Crippen molar-refractivity contribution < 1.29 is 4.42 Å². The van der Waals surface area contributed by atoms with E-state index in [1.54, 1.807) is 14.0 Å². The van der Waals surface area contributed by atoms with Crippen LogP contribution in [-0.2, 0) is 0 Å². The SMILES string of the molecule is CNC(=S)NCCN(C)c1nc(C)oc1Cl. The van der Waals surface area contributed by atoms with Gasteiger partial charge in [-0.3, -0.25) is 0 Å². The maximum atomic E-state index is 5.88. The Labute approximate surface area is 105 Å². The van der Waals surface area contributed by atoms with Crippen LogP contribution in [-0.4, -0.2) is 37.3 Å². The maximum absolute atomic E-state index is 5.88. The van der Waals surface area contributed by atoms with Crippen molar-refractivity contribution in [2.24, 2.45) is 0 Å². The smallest absolute Gasteiger partial charge is 0.238 e. The molecular formula is C9H15ClN4OS. The van der Waals surface area contributed by atoms with E-state index in [4.69, 9.17) is 28.2 Å². The van der Waals surface area contributed by atoms with Gasteiger partial charge in [0.25, 0.3) is 0 Å². The third-order valence-corrected chi connectivity index (χ3v) is 2.59. The monoisotopic (exact) mass is 262 g/mol. The molecule has 0 bridgehead atoms. The number of rotatable bonds is 4. The predicted octanol–water partition coefficient (Wildman–Crippen LogP) is 1.17. The summed E-state index contributed by atoms with van der Waals surface area (Å²) in [6.45, 7) is 3.20. The zero-order valence-electron chi connectivity index (χ0n) is 9.50. The van der Waals surface area contributed by atoms with Crippen LogP contribution in [0.5, 0.6) is 0 Å². The third-order valence-electron chi connectivity index (χ3n) is 2.00. The Morgan fingerprint density at radius 2 is 2.31 bits per heavy atom. The fourth-order valence-corrected chi connectivity index (χ4v) is 1.56. The highest BCUT2D eigenvalue weighted by atomic mass is 35.5. The van der Waals surface area contributed by atoms with E-state index in [2.05, 4.69) is 15.6 Å². The zero-order chi connectivity index (χ0) is 12.1. The van der Waals surface area contributed by atoms with Crippen LogP contribution in [0.25, 0.3) is 0 Å². The van der Waals surface area contributed by atoms with Crippen molar-refractivity contribution >= 4 is 34.7 Å². The van der Waals surface area contributed by atoms with Crippen LogP contribution in [0.1, 0.15) is 5.89 Å². The van der Waals surface area contributed by atoms with Crippen molar-refractivity contribution in [3.05, 3.63) is 11.1 Å². The average Bonchev–Trinajstić information content (AvgIpc) is 2.57. The van der Waals surface area contributed by atoms with Gasteiger partial charge in [-0.25, -0.2) is 0 Å². The Morgan fingerprint density at radius 3 is 2.81 bits per heavy atom. The number of thiocarbonyl (C=S) groups is 1. The molecule has 0 saturated heterocycles. The molecule has 90 valence electrons. The first-order chi connectivity index (χ1) is 7.54. The van der Waals surface area contributed by atoms with Gasteiger partial charge in [0, 0.05) is 34.1 Å². The Morgan fingerprint density at radius 1 is 1.62 bits per heavy atom. The van der Waals surface area contributed by atoms with E-state index >= 15 is 0 Å². The summed E-state index contributed by atoms with van der Waals surface area (Å²) >= 11 is 10.8. The molecule has 0 saturated carbocycles. The molecule has 0 amide bonds. The van der Waals surface area contributed by atoms with Crippen molar-refractivity contribution in [1.29, 1.82) is 0 Å². The number of nitrogens with zero attached hydrogens (tertiary/aromatic N) is 2. The summed E-state index contributed by atoms with van der Waals surface area (Å²) in [6, 6.07) is 0. The van der Waals surface area contributed by atoms with Crippen LogP contribution >= 0.6 is 23.8 Å². The number of aryl methyl sites for hydroxylation is 1. The summed E-state index contributed by atoms with van der Waals surface area (Å²) in [5, 5.41) is 6.81. The normalized spacial score (nSPS) is 10.0. The molecule has 0 spiro atoms. The molecule has 0 radical (unpaired) electrons. The minimum Gasteiger partial charge on any atom is -0.427 e. The topological polar surface area (TPSA) is 53.3 Å². The summed E-state index contributed by atoms with van der Waals surface area (Å²) in [6.07, 6.45) is 0. The Kier molecular flexibility index (Phi) is 4.82. The van der Waals surface area contributed by atoms with E-state index in [9.17, 15) is 0 Å². The van der Waals surface area contributed by atoms with Gasteiger partial charge in [0.15, 0.2) is 16.8 Å². The molecule has 1 heterocycles. The second-order valence-corrected chi connectivity index (χ2v) is 4.01. The predicted molar refractivity (Wildman–Crippen MR) is 69.2 cm³/mol. The quantitative estimate of drug-likeness (QED) is 0.795. The number of halogens is 1. The van der Waals surface area contributed by atoms with Gasteiger partial charge >= 0.3 is 0 Å². The molecule has 0 fully saturated rings. The van der Waals surface area contributed by atoms with Crippen LogP contribution in [0.2, 0.25) is 5.22 Å². The lowest BCUT2D eigenvalue weighted by Crippen LogP contribution is -2.37.